The lowest BCUT2D eigenvalue weighted by molar-refractivity contribution is -0.130. The quantitative estimate of drug-likeness (QED) is 0.624. The summed E-state index contributed by atoms with van der Waals surface area (Å²) < 4.78 is 5.24. The summed E-state index contributed by atoms with van der Waals surface area (Å²) in [4.78, 5) is 11.0. The molecule has 0 fully saturated rings. The fourth-order valence-corrected chi connectivity index (χ4v) is 0.545. The molecule has 0 aliphatic heterocycles. The van der Waals surface area contributed by atoms with Gasteiger partial charge < -0.3 is 15.8 Å². The minimum Gasteiger partial charge on any atom is -0.366 e. The molecule has 1 amide bonds. The summed E-state index contributed by atoms with van der Waals surface area (Å²) in [6.45, 7) is 6.78. The maximum atomic E-state index is 11.0. The molecule has 0 saturated heterocycles. The second kappa shape index (κ2) is 5.11. The first-order valence-corrected chi connectivity index (χ1v) is 4.06. The van der Waals surface area contributed by atoms with Gasteiger partial charge in [-0.15, -0.1) is 0 Å². The molecule has 12 heavy (non-hydrogen) atoms. The van der Waals surface area contributed by atoms with E-state index in [4.69, 9.17) is 10.5 Å². The fraction of sp³-hybridized carbons (Fsp3) is 0.875. The van der Waals surface area contributed by atoms with Crippen LogP contribution in [0, 0.1) is 0 Å². The zero-order valence-corrected chi connectivity index (χ0v) is 8.02. The zero-order chi connectivity index (χ0) is 9.61. The van der Waals surface area contributed by atoms with E-state index in [0.29, 0.717) is 13.1 Å². The van der Waals surface area contributed by atoms with Crippen molar-refractivity contribution in [3.05, 3.63) is 0 Å². The maximum absolute atomic E-state index is 11.0. The molecule has 0 heterocycles. The third-order valence-corrected chi connectivity index (χ3v) is 1.10. The highest BCUT2D eigenvalue weighted by Crippen LogP contribution is 2.05. The van der Waals surface area contributed by atoms with Gasteiger partial charge in [0.15, 0.2) is 0 Å². The predicted molar refractivity (Wildman–Crippen MR) is 47.8 cm³/mol. The van der Waals surface area contributed by atoms with Gasteiger partial charge in [-0.1, -0.05) is 0 Å². The summed E-state index contributed by atoms with van der Waals surface area (Å²) in [5.74, 6) is -0.115. The van der Waals surface area contributed by atoms with E-state index in [1.54, 1.807) is 0 Å². The standard InChI is InChI=1S/C8H18N2O2/c1-8(2,3)12-6-7(11)10-5-4-9/h4-6,9H2,1-3H3,(H,10,11). The Hall–Kier alpha value is -0.610. The molecule has 0 rings (SSSR count). The van der Waals surface area contributed by atoms with Crippen molar-refractivity contribution >= 4 is 5.91 Å². The van der Waals surface area contributed by atoms with Gasteiger partial charge in [0, 0.05) is 13.1 Å². The Morgan fingerprint density at radius 1 is 1.50 bits per heavy atom. The minimum absolute atomic E-state index is 0.101. The normalized spacial score (nSPS) is 11.3. The van der Waals surface area contributed by atoms with Crippen LogP contribution in [0.5, 0.6) is 0 Å². The second-order valence-corrected chi connectivity index (χ2v) is 3.54. The predicted octanol–water partition coefficient (Wildman–Crippen LogP) is -0.124. The molecule has 0 unspecified atom stereocenters. The first kappa shape index (κ1) is 11.4. The SMILES string of the molecule is CC(C)(C)OCC(=O)NCCN. The average Bonchev–Trinajstić information content (AvgIpc) is 1.95. The molecule has 0 aliphatic rings. The van der Waals surface area contributed by atoms with E-state index < -0.39 is 0 Å². The summed E-state index contributed by atoms with van der Waals surface area (Å²) in [7, 11) is 0. The van der Waals surface area contributed by atoms with Gasteiger partial charge in [-0.25, -0.2) is 0 Å². The summed E-state index contributed by atoms with van der Waals surface area (Å²) in [6.07, 6.45) is 0. The number of ether oxygens (including phenoxy) is 1. The van der Waals surface area contributed by atoms with Crippen LogP contribution >= 0.6 is 0 Å². The first-order valence-electron chi connectivity index (χ1n) is 4.06. The van der Waals surface area contributed by atoms with E-state index in [2.05, 4.69) is 5.32 Å². The van der Waals surface area contributed by atoms with Crippen LogP contribution in [0.1, 0.15) is 20.8 Å². The Morgan fingerprint density at radius 3 is 2.50 bits per heavy atom. The number of hydrogen-bond acceptors (Lipinski definition) is 3. The van der Waals surface area contributed by atoms with E-state index in [1.165, 1.54) is 0 Å². The maximum Gasteiger partial charge on any atom is 0.246 e. The molecule has 0 aromatic heterocycles. The van der Waals surface area contributed by atoms with Crippen LogP contribution in [0.15, 0.2) is 0 Å². The molecule has 0 aliphatic carbocycles. The van der Waals surface area contributed by atoms with Gasteiger partial charge in [0.1, 0.15) is 6.61 Å². The highest BCUT2D eigenvalue weighted by Gasteiger charge is 2.11. The Balaban J connectivity index is 3.44. The second-order valence-electron chi connectivity index (χ2n) is 3.54. The molecule has 0 aromatic rings. The zero-order valence-electron chi connectivity index (χ0n) is 8.02. The molecular formula is C8H18N2O2. The minimum atomic E-state index is -0.264. The highest BCUT2D eigenvalue weighted by molar-refractivity contribution is 5.77. The van der Waals surface area contributed by atoms with E-state index in [9.17, 15) is 4.79 Å². The van der Waals surface area contributed by atoms with Crippen molar-refractivity contribution in [2.24, 2.45) is 5.73 Å². The Morgan fingerprint density at radius 2 is 2.08 bits per heavy atom. The molecule has 0 saturated carbocycles. The van der Waals surface area contributed by atoms with Crippen LogP contribution in [-0.4, -0.2) is 31.2 Å². The van der Waals surface area contributed by atoms with Crippen LogP contribution in [0.4, 0.5) is 0 Å². The number of amides is 1. The van der Waals surface area contributed by atoms with Gasteiger partial charge in [0.25, 0.3) is 0 Å². The average molecular weight is 174 g/mol. The lowest BCUT2D eigenvalue weighted by atomic mass is 10.2. The van der Waals surface area contributed by atoms with Crippen molar-refractivity contribution in [2.45, 2.75) is 26.4 Å². The number of hydrogen-bond donors (Lipinski definition) is 2. The smallest absolute Gasteiger partial charge is 0.246 e. The van der Waals surface area contributed by atoms with Crippen molar-refractivity contribution in [3.8, 4) is 0 Å². The number of carbonyl (C=O) groups excluding carboxylic acids is 1. The summed E-state index contributed by atoms with van der Waals surface area (Å²) in [5, 5.41) is 2.62. The van der Waals surface area contributed by atoms with Gasteiger partial charge in [-0.2, -0.15) is 0 Å². The summed E-state index contributed by atoms with van der Waals surface area (Å²) in [5.41, 5.74) is 4.94. The third-order valence-electron chi connectivity index (χ3n) is 1.10. The molecule has 3 N–H and O–H groups in total. The van der Waals surface area contributed by atoms with E-state index in [-0.39, 0.29) is 18.1 Å². The lowest BCUT2D eigenvalue weighted by Crippen LogP contribution is -2.34. The van der Waals surface area contributed by atoms with E-state index in [0.717, 1.165) is 0 Å². The summed E-state index contributed by atoms with van der Waals surface area (Å²) in [6, 6.07) is 0. The molecule has 0 spiro atoms. The van der Waals surface area contributed by atoms with Crippen molar-refractivity contribution < 1.29 is 9.53 Å². The molecule has 0 atom stereocenters. The molecule has 72 valence electrons. The van der Waals surface area contributed by atoms with Crippen molar-refractivity contribution in [1.29, 1.82) is 0 Å². The molecule has 4 heteroatoms. The number of rotatable bonds is 4. The van der Waals surface area contributed by atoms with Gasteiger partial charge in [-0.05, 0) is 20.8 Å². The number of nitrogens with two attached hydrogens (primary N) is 1. The number of carbonyl (C=O) groups is 1. The molecular weight excluding hydrogens is 156 g/mol. The van der Waals surface area contributed by atoms with Crippen LogP contribution in [0.3, 0.4) is 0 Å². The van der Waals surface area contributed by atoms with Crippen LogP contribution in [-0.2, 0) is 9.53 Å². The largest absolute Gasteiger partial charge is 0.366 e. The molecule has 0 aromatic carbocycles. The van der Waals surface area contributed by atoms with Crippen molar-refractivity contribution in [3.63, 3.8) is 0 Å². The Kier molecular flexibility index (Phi) is 4.85. The summed E-state index contributed by atoms with van der Waals surface area (Å²) >= 11 is 0. The van der Waals surface area contributed by atoms with Crippen LogP contribution in [0.2, 0.25) is 0 Å². The number of nitrogens with one attached hydrogen (secondary N) is 1. The van der Waals surface area contributed by atoms with Crippen LogP contribution < -0.4 is 11.1 Å². The molecule has 4 nitrogen and oxygen atoms in total. The van der Waals surface area contributed by atoms with Crippen LogP contribution in [0.25, 0.3) is 0 Å². The fourth-order valence-electron chi connectivity index (χ4n) is 0.545. The first-order chi connectivity index (χ1) is 5.45. The monoisotopic (exact) mass is 174 g/mol. The van der Waals surface area contributed by atoms with E-state index in [1.807, 2.05) is 20.8 Å². The van der Waals surface area contributed by atoms with Gasteiger partial charge >= 0.3 is 0 Å². The molecule has 0 radical (unpaired) electrons. The van der Waals surface area contributed by atoms with Gasteiger partial charge in [-0.3, -0.25) is 4.79 Å². The van der Waals surface area contributed by atoms with Gasteiger partial charge in [0.2, 0.25) is 5.91 Å². The Labute approximate surface area is 73.5 Å². The Bertz CT molecular complexity index is 140. The van der Waals surface area contributed by atoms with Crippen molar-refractivity contribution in [2.75, 3.05) is 19.7 Å². The van der Waals surface area contributed by atoms with E-state index >= 15 is 0 Å². The lowest BCUT2D eigenvalue weighted by Gasteiger charge is -2.18. The topological polar surface area (TPSA) is 64.3 Å². The van der Waals surface area contributed by atoms with Crippen molar-refractivity contribution in [1.82, 2.24) is 5.32 Å². The molecule has 0 bridgehead atoms. The van der Waals surface area contributed by atoms with Gasteiger partial charge in [0.05, 0.1) is 5.60 Å². The third kappa shape index (κ3) is 7.50. The highest BCUT2D eigenvalue weighted by atomic mass is 16.5.